The van der Waals surface area contributed by atoms with Crippen LogP contribution in [0.15, 0.2) is 18.2 Å². The van der Waals surface area contributed by atoms with Crippen molar-refractivity contribution in [1.82, 2.24) is 0 Å². The third-order valence-electron chi connectivity index (χ3n) is 2.22. The number of aryl methyl sites for hydroxylation is 1. The third kappa shape index (κ3) is 3.32. The average Bonchev–Trinajstić information content (AvgIpc) is 2.26. The van der Waals surface area contributed by atoms with Crippen LogP contribution in [0.5, 0.6) is 5.75 Å². The number of nitrogens with two attached hydrogens (primary N) is 1. The standard InChI is InChI=1S/C12H17NO3/c1-8-3-4-12(11(5-8)9(2)14)16-7-10(15)6-13/h3-5,10,15H,6-7,13H2,1-2H3. The number of hydrogen-bond donors (Lipinski definition) is 2. The number of Topliss-reactive ketones (excluding diaryl/α,β-unsaturated/α-hetero) is 1. The van der Waals surface area contributed by atoms with Crippen molar-refractivity contribution in [1.29, 1.82) is 0 Å². The summed E-state index contributed by atoms with van der Waals surface area (Å²) in [7, 11) is 0. The molecular formula is C12H17NO3. The van der Waals surface area contributed by atoms with Crippen molar-refractivity contribution in [3.63, 3.8) is 0 Å². The van der Waals surface area contributed by atoms with E-state index in [1.54, 1.807) is 12.1 Å². The maximum absolute atomic E-state index is 11.4. The van der Waals surface area contributed by atoms with Crippen molar-refractivity contribution in [3.05, 3.63) is 29.3 Å². The van der Waals surface area contributed by atoms with Gasteiger partial charge in [0.05, 0.1) is 5.56 Å². The molecule has 1 unspecified atom stereocenters. The summed E-state index contributed by atoms with van der Waals surface area (Å²) in [5, 5.41) is 9.27. The van der Waals surface area contributed by atoms with E-state index in [0.717, 1.165) is 5.56 Å². The van der Waals surface area contributed by atoms with Gasteiger partial charge in [0.2, 0.25) is 0 Å². The molecule has 0 heterocycles. The summed E-state index contributed by atoms with van der Waals surface area (Å²) in [6, 6.07) is 5.36. The number of rotatable bonds is 5. The van der Waals surface area contributed by atoms with Crippen molar-refractivity contribution >= 4 is 5.78 Å². The summed E-state index contributed by atoms with van der Waals surface area (Å²) in [4.78, 5) is 11.4. The molecule has 1 atom stereocenters. The van der Waals surface area contributed by atoms with Gasteiger partial charge in [-0.25, -0.2) is 0 Å². The topological polar surface area (TPSA) is 72.5 Å². The predicted molar refractivity (Wildman–Crippen MR) is 61.7 cm³/mol. The van der Waals surface area contributed by atoms with Gasteiger partial charge in [0.25, 0.3) is 0 Å². The molecule has 0 fully saturated rings. The summed E-state index contributed by atoms with van der Waals surface area (Å²) in [5.41, 5.74) is 6.79. The zero-order valence-corrected chi connectivity index (χ0v) is 9.56. The molecule has 1 aromatic rings. The van der Waals surface area contributed by atoms with Crippen molar-refractivity contribution in [2.45, 2.75) is 20.0 Å². The molecule has 0 aliphatic rings. The van der Waals surface area contributed by atoms with E-state index < -0.39 is 6.10 Å². The summed E-state index contributed by atoms with van der Waals surface area (Å²) in [6.07, 6.45) is -0.707. The van der Waals surface area contributed by atoms with E-state index in [9.17, 15) is 9.90 Å². The molecule has 16 heavy (non-hydrogen) atoms. The first-order valence-corrected chi connectivity index (χ1v) is 5.17. The molecule has 0 saturated heterocycles. The zero-order valence-electron chi connectivity index (χ0n) is 9.56. The van der Waals surface area contributed by atoms with Crippen LogP contribution in [0, 0.1) is 6.92 Å². The highest BCUT2D eigenvalue weighted by atomic mass is 16.5. The number of hydrogen-bond acceptors (Lipinski definition) is 4. The van der Waals surface area contributed by atoms with Gasteiger partial charge in [0.15, 0.2) is 5.78 Å². The number of carbonyl (C=O) groups excluding carboxylic acids is 1. The Hall–Kier alpha value is -1.39. The molecule has 4 nitrogen and oxygen atoms in total. The number of aliphatic hydroxyl groups is 1. The lowest BCUT2D eigenvalue weighted by molar-refractivity contribution is 0.0988. The minimum Gasteiger partial charge on any atom is -0.490 e. The zero-order chi connectivity index (χ0) is 12.1. The van der Waals surface area contributed by atoms with Crippen molar-refractivity contribution < 1.29 is 14.6 Å². The molecule has 0 aromatic heterocycles. The number of carbonyl (C=O) groups is 1. The lowest BCUT2D eigenvalue weighted by Gasteiger charge is -2.13. The fourth-order valence-electron chi connectivity index (χ4n) is 1.30. The van der Waals surface area contributed by atoms with Gasteiger partial charge >= 0.3 is 0 Å². The summed E-state index contributed by atoms with van der Waals surface area (Å²) in [6.45, 7) is 3.63. The second-order valence-corrected chi connectivity index (χ2v) is 3.76. The quantitative estimate of drug-likeness (QED) is 0.727. The Morgan fingerprint density at radius 3 is 2.81 bits per heavy atom. The summed E-state index contributed by atoms with van der Waals surface area (Å²) >= 11 is 0. The molecule has 0 amide bonds. The molecular weight excluding hydrogens is 206 g/mol. The van der Waals surface area contributed by atoms with Crippen LogP contribution in [0.2, 0.25) is 0 Å². The minimum absolute atomic E-state index is 0.0547. The second-order valence-electron chi connectivity index (χ2n) is 3.76. The summed E-state index contributed by atoms with van der Waals surface area (Å²) in [5.74, 6) is 0.437. The highest BCUT2D eigenvalue weighted by molar-refractivity contribution is 5.97. The van der Waals surface area contributed by atoms with Gasteiger partial charge in [-0.3, -0.25) is 4.79 Å². The minimum atomic E-state index is -0.707. The van der Waals surface area contributed by atoms with E-state index >= 15 is 0 Å². The van der Waals surface area contributed by atoms with E-state index in [1.807, 2.05) is 13.0 Å². The fourth-order valence-corrected chi connectivity index (χ4v) is 1.30. The van der Waals surface area contributed by atoms with E-state index in [4.69, 9.17) is 10.5 Å². The lowest BCUT2D eigenvalue weighted by atomic mass is 10.1. The summed E-state index contributed by atoms with van der Waals surface area (Å²) < 4.78 is 5.36. The Bertz CT molecular complexity index is 377. The Balaban J connectivity index is 2.82. The first-order valence-electron chi connectivity index (χ1n) is 5.17. The molecule has 88 valence electrons. The molecule has 0 aliphatic heterocycles. The number of ether oxygens (including phenoxy) is 1. The van der Waals surface area contributed by atoms with Gasteiger partial charge in [-0.15, -0.1) is 0 Å². The SMILES string of the molecule is CC(=O)c1cc(C)ccc1OCC(O)CN. The van der Waals surface area contributed by atoms with Gasteiger partial charge in [0.1, 0.15) is 18.5 Å². The van der Waals surface area contributed by atoms with Crippen LogP contribution in [-0.4, -0.2) is 30.1 Å². The maximum Gasteiger partial charge on any atom is 0.163 e. The molecule has 0 bridgehead atoms. The lowest BCUT2D eigenvalue weighted by Crippen LogP contribution is -2.26. The molecule has 1 rings (SSSR count). The second kappa shape index (κ2) is 5.63. The molecule has 0 saturated carbocycles. The molecule has 0 aliphatic carbocycles. The maximum atomic E-state index is 11.4. The van der Waals surface area contributed by atoms with Gasteiger partial charge < -0.3 is 15.6 Å². The number of ketones is 1. The normalized spacial score (nSPS) is 12.2. The molecule has 3 N–H and O–H groups in total. The van der Waals surface area contributed by atoms with E-state index in [-0.39, 0.29) is 18.9 Å². The first-order chi connectivity index (χ1) is 7.54. The Morgan fingerprint density at radius 2 is 2.25 bits per heavy atom. The molecule has 4 heteroatoms. The fraction of sp³-hybridized carbons (Fsp3) is 0.417. The Kier molecular flexibility index (Phi) is 4.46. The Labute approximate surface area is 95.0 Å². The van der Waals surface area contributed by atoms with Gasteiger partial charge in [-0.05, 0) is 26.0 Å². The van der Waals surface area contributed by atoms with Crippen LogP contribution in [0.1, 0.15) is 22.8 Å². The number of aliphatic hydroxyl groups excluding tert-OH is 1. The highest BCUT2D eigenvalue weighted by Gasteiger charge is 2.10. The molecule has 0 radical (unpaired) electrons. The molecule has 1 aromatic carbocycles. The van der Waals surface area contributed by atoms with E-state index in [0.29, 0.717) is 11.3 Å². The van der Waals surface area contributed by atoms with Crippen LogP contribution in [-0.2, 0) is 0 Å². The van der Waals surface area contributed by atoms with Crippen LogP contribution in [0.3, 0.4) is 0 Å². The van der Waals surface area contributed by atoms with Gasteiger partial charge in [0, 0.05) is 6.54 Å². The van der Waals surface area contributed by atoms with Crippen LogP contribution < -0.4 is 10.5 Å². The van der Waals surface area contributed by atoms with Gasteiger partial charge in [-0.2, -0.15) is 0 Å². The third-order valence-corrected chi connectivity index (χ3v) is 2.22. The number of benzene rings is 1. The average molecular weight is 223 g/mol. The smallest absolute Gasteiger partial charge is 0.163 e. The van der Waals surface area contributed by atoms with Crippen molar-refractivity contribution in [3.8, 4) is 5.75 Å². The predicted octanol–water partition coefficient (Wildman–Crippen LogP) is 0.896. The van der Waals surface area contributed by atoms with Crippen molar-refractivity contribution in [2.75, 3.05) is 13.2 Å². The van der Waals surface area contributed by atoms with Crippen LogP contribution in [0.25, 0.3) is 0 Å². The van der Waals surface area contributed by atoms with E-state index in [2.05, 4.69) is 0 Å². The first kappa shape index (κ1) is 12.7. The van der Waals surface area contributed by atoms with Crippen LogP contribution in [0.4, 0.5) is 0 Å². The highest BCUT2D eigenvalue weighted by Crippen LogP contribution is 2.20. The van der Waals surface area contributed by atoms with Gasteiger partial charge in [-0.1, -0.05) is 11.6 Å². The van der Waals surface area contributed by atoms with E-state index in [1.165, 1.54) is 6.92 Å². The largest absolute Gasteiger partial charge is 0.490 e. The van der Waals surface area contributed by atoms with Crippen LogP contribution >= 0.6 is 0 Å². The Morgan fingerprint density at radius 1 is 1.56 bits per heavy atom. The molecule has 0 spiro atoms. The van der Waals surface area contributed by atoms with Crippen molar-refractivity contribution in [2.24, 2.45) is 5.73 Å². The monoisotopic (exact) mass is 223 g/mol.